The van der Waals surface area contributed by atoms with Crippen molar-refractivity contribution in [3.63, 3.8) is 0 Å². The predicted octanol–water partition coefficient (Wildman–Crippen LogP) is 2.25. The zero-order chi connectivity index (χ0) is 26.9. The summed E-state index contributed by atoms with van der Waals surface area (Å²) in [5.74, 6) is -0.398. The molecule has 4 aromatic rings. The lowest BCUT2D eigenvalue weighted by Crippen LogP contribution is -2.32. The molecule has 0 saturated heterocycles. The summed E-state index contributed by atoms with van der Waals surface area (Å²) in [5, 5.41) is 6.62. The molecular weight excluding hydrogens is 500 g/mol. The number of rotatable bonds is 8. The van der Waals surface area contributed by atoms with Crippen LogP contribution in [0.25, 0.3) is 22.0 Å². The molecule has 194 valence electrons. The van der Waals surface area contributed by atoms with Gasteiger partial charge in [0.1, 0.15) is 11.4 Å². The lowest BCUT2D eigenvalue weighted by atomic mass is 10.0. The van der Waals surface area contributed by atoms with Gasteiger partial charge in [-0.1, -0.05) is 18.1 Å². The van der Waals surface area contributed by atoms with E-state index in [0.717, 1.165) is 0 Å². The Kier molecular flexibility index (Phi) is 6.99. The average molecular weight is 527 g/mol. The molecule has 1 aromatic carbocycles. The summed E-state index contributed by atoms with van der Waals surface area (Å²) in [6.45, 7) is 4.93. The quantitative estimate of drug-likeness (QED) is 0.351. The SMILES string of the molecule is CNC(=O)[C@@H](C)Cn1cnc2ccc(-c3cnc(OC)c(NS(=O)(=O)c4c(C)noc4C)c3)cc2c1=O. The van der Waals surface area contributed by atoms with Crippen LogP contribution in [0.15, 0.2) is 51.0 Å². The maximum atomic E-state index is 13.2. The Balaban J connectivity index is 1.74. The van der Waals surface area contributed by atoms with E-state index in [1.807, 2.05) is 0 Å². The Labute approximate surface area is 212 Å². The number of nitrogens with one attached hydrogen (secondary N) is 2. The minimum Gasteiger partial charge on any atom is -0.480 e. The first-order valence-electron chi connectivity index (χ1n) is 11.3. The number of methoxy groups -OCH3 is 1. The number of aryl methyl sites for hydroxylation is 2. The summed E-state index contributed by atoms with van der Waals surface area (Å²) in [5.41, 5.74) is 1.64. The monoisotopic (exact) mass is 526 g/mol. The molecule has 3 aromatic heterocycles. The van der Waals surface area contributed by atoms with Gasteiger partial charge in [-0.25, -0.2) is 18.4 Å². The van der Waals surface area contributed by atoms with E-state index >= 15 is 0 Å². The van der Waals surface area contributed by atoms with E-state index in [1.54, 1.807) is 31.2 Å². The number of fused-ring (bicyclic) bond motifs is 1. The van der Waals surface area contributed by atoms with Gasteiger partial charge in [0, 0.05) is 25.4 Å². The molecule has 0 saturated carbocycles. The van der Waals surface area contributed by atoms with E-state index in [9.17, 15) is 18.0 Å². The molecule has 13 heteroatoms. The molecular formula is C24H26N6O6S. The van der Waals surface area contributed by atoms with Crippen LogP contribution in [0, 0.1) is 19.8 Å². The number of sulfonamides is 1. The minimum absolute atomic E-state index is 0.0621. The second kappa shape index (κ2) is 10.0. The number of anilines is 1. The second-order valence-corrected chi connectivity index (χ2v) is 10.1. The van der Waals surface area contributed by atoms with E-state index in [0.29, 0.717) is 22.0 Å². The maximum Gasteiger partial charge on any atom is 0.267 e. The van der Waals surface area contributed by atoms with Gasteiger partial charge < -0.3 is 14.6 Å². The van der Waals surface area contributed by atoms with Gasteiger partial charge >= 0.3 is 0 Å². The summed E-state index contributed by atoms with van der Waals surface area (Å²) >= 11 is 0. The zero-order valence-electron chi connectivity index (χ0n) is 20.9. The topological polar surface area (TPSA) is 158 Å². The Morgan fingerprint density at radius 3 is 2.59 bits per heavy atom. The highest BCUT2D eigenvalue weighted by Crippen LogP contribution is 2.32. The molecule has 0 radical (unpaired) electrons. The Hall–Kier alpha value is -4.26. The third-order valence-electron chi connectivity index (χ3n) is 5.85. The zero-order valence-corrected chi connectivity index (χ0v) is 21.7. The predicted molar refractivity (Wildman–Crippen MR) is 136 cm³/mol. The molecule has 0 bridgehead atoms. The van der Waals surface area contributed by atoms with Crippen molar-refractivity contribution >= 4 is 32.5 Å². The molecule has 0 aliphatic carbocycles. The smallest absolute Gasteiger partial charge is 0.267 e. The van der Waals surface area contributed by atoms with Crippen LogP contribution in [0.2, 0.25) is 0 Å². The van der Waals surface area contributed by atoms with Crippen molar-refractivity contribution in [1.29, 1.82) is 0 Å². The van der Waals surface area contributed by atoms with Gasteiger partial charge in [-0.05, 0) is 37.6 Å². The van der Waals surface area contributed by atoms with Crippen LogP contribution in [0.4, 0.5) is 5.69 Å². The lowest BCUT2D eigenvalue weighted by molar-refractivity contribution is -0.124. The molecule has 0 aliphatic rings. The molecule has 0 spiro atoms. The van der Waals surface area contributed by atoms with Crippen LogP contribution in [-0.2, 0) is 21.4 Å². The number of aromatic nitrogens is 4. The van der Waals surface area contributed by atoms with Crippen LogP contribution in [-0.4, -0.2) is 48.2 Å². The number of ether oxygens (including phenoxy) is 1. The number of hydrogen-bond acceptors (Lipinski definition) is 9. The second-order valence-electron chi connectivity index (χ2n) is 8.49. The van der Waals surface area contributed by atoms with E-state index in [4.69, 9.17) is 9.26 Å². The standard InChI is InChI=1S/C24H26N6O6S/c1-13(22(31)25-4)11-30-12-27-19-7-6-16(8-18(19)24(30)32)17-9-20(23(35-5)26-10-17)29-37(33,34)21-14(2)28-36-15(21)3/h6-10,12-13,29H,11H2,1-5H3,(H,25,31)/t13-/m0/s1. The molecule has 12 nitrogen and oxygen atoms in total. The minimum atomic E-state index is -4.05. The van der Waals surface area contributed by atoms with Gasteiger partial charge in [-0.15, -0.1) is 0 Å². The fourth-order valence-electron chi connectivity index (χ4n) is 3.99. The average Bonchev–Trinajstić information content (AvgIpc) is 3.23. The normalized spacial score (nSPS) is 12.4. The summed E-state index contributed by atoms with van der Waals surface area (Å²) in [6, 6.07) is 6.66. The largest absolute Gasteiger partial charge is 0.480 e. The highest BCUT2D eigenvalue weighted by molar-refractivity contribution is 7.92. The molecule has 3 heterocycles. The molecule has 1 atom stereocenters. The van der Waals surface area contributed by atoms with Crippen molar-refractivity contribution in [1.82, 2.24) is 25.0 Å². The van der Waals surface area contributed by atoms with Crippen molar-refractivity contribution in [2.75, 3.05) is 18.9 Å². The summed E-state index contributed by atoms with van der Waals surface area (Å²) in [7, 11) is -1.14. The first kappa shape index (κ1) is 25.8. The van der Waals surface area contributed by atoms with Gasteiger partial charge in [0.15, 0.2) is 10.7 Å². The number of benzene rings is 1. The number of carbonyl (C=O) groups is 1. The van der Waals surface area contributed by atoms with Crippen molar-refractivity contribution in [3.8, 4) is 17.0 Å². The van der Waals surface area contributed by atoms with Crippen molar-refractivity contribution in [3.05, 3.63) is 58.6 Å². The van der Waals surface area contributed by atoms with E-state index < -0.39 is 15.9 Å². The van der Waals surface area contributed by atoms with Gasteiger partial charge in [-0.2, -0.15) is 0 Å². The third-order valence-corrected chi connectivity index (χ3v) is 7.46. The highest BCUT2D eigenvalue weighted by Gasteiger charge is 2.26. The van der Waals surface area contributed by atoms with Crippen LogP contribution < -0.4 is 20.3 Å². The Morgan fingerprint density at radius 1 is 1.19 bits per heavy atom. The van der Waals surface area contributed by atoms with Crippen molar-refractivity contribution in [2.45, 2.75) is 32.2 Å². The molecule has 37 heavy (non-hydrogen) atoms. The molecule has 1 amide bonds. The van der Waals surface area contributed by atoms with E-state index in [-0.39, 0.29) is 45.9 Å². The molecule has 4 rings (SSSR count). The Bertz CT molecular complexity index is 1640. The van der Waals surface area contributed by atoms with Crippen molar-refractivity contribution in [2.24, 2.45) is 5.92 Å². The summed E-state index contributed by atoms with van der Waals surface area (Å²) in [6.07, 6.45) is 2.93. The third kappa shape index (κ3) is 5.03. The van der Waals surface area contributed by atoms with Crippen LogP contribution >= 0.6 is 0 Å². The van der Waals surface area contributed by atoms with Gasteiger partial charge in [0.25, 0.3) is 15.6 Å². The fourth-order valence-corrected chi connectivity index (χ4v) is 5.37. The fraction of sp³-hybridized carbons (Fsp3) is 0.292. The first-order chi connectivity index (χ1) is 17.6. The van der Waals surface area contributed by atoms with Gasteiger partial charge in [0.05, 0.1) is 30.3 Å². The first-order valence-corrected chi connectivity index (χ1v) is 12.7. The van der Waals surface area contributed by atoms with Gasteiger partial charge in [-0.3, -0.25) is 18.9 Å². The lowest BCUT2D eigenvalue weighted by Gasteiger charge is -2.14. The van der Waals surface area contributed by atoms with Crippen LogP contribution in [0.5, 0.6) is 5.88 Å². The maximum absolute atomic E-state index is 13.2. The number of pyridine rings is 1. The van der Waals surface area contributed by atoms with E-state index in [1.165, 1.54) is 45.1 Å². The highest BCUT2D eigenvalue weighted by atomic mass is 32.2. The summed E-state index contributed by atoms with van der Waals surface area (Å²) in [4.78, 5) is 33.6. The number of carbonyl (C=O) groups excluding carboxylic acids is 1. The van der Waals surface area contributed by atoms with Crippen molar-refractivity contribution < 1.29 is 22.5 Å². The molecule has 0 fully saturated rings. The van der Waals surface area contributed by atoms with Crippen LogP contribution in [0.1, 0.15) is 18.4 Å². The number of hydrogen-bond donors (Lipinski definition) is 2. The Morgan fingerprint density at radius 2 is 1.95 bits per heavy atom. The summed E-state index contributed by atoms with van der Waals surface area (Å²) < 4.78 is 40.3. The molecule has 0 aliphatic heterocycles. The molecule has 0 unspecified atom stereocenters. The number of nitrogens with zero attached hydrogens (tertiary/aromatic N) is 4. The van der Waals surface area contributed by atoms with E-state index in [2.05, 4.69) is 25.2 Å². The molecule has 2 N–H and O–H groups in total. The van der Waals surface area contributed by atoms with Crippen LogP contribution in [0.3, 0.4) is 0 Å². The number of amides is 1. The van der Waals surface area contributed by atoms with Gasteiger partial charge in [0.2, 0.25) is 11.8 Å².